The van der Waals surface area contributed by atoms with Gasteiger partial charge in [0, 0.05) is 12.2 Å². The molecule has 0 saturated carbocycles. The zero-order valence-corrected chi connectivity index (χ0v) is 12.3. The average Bonchev–Trinajstić information content (AvgIpc) is 2.46. The lowest BCUT2D eigenvalue weighted by Crippen LogP contribution is -2.11. The van der Waals surface area contributed by atoms with Crippen LogP contribution in [-0.4, -0.2) is 20.3 Å². The number of nitrogens with one attached hydrogen (secondary N) is 1. The predicted octanol–water partition coefficient (Wildman–Crippen LogP) is 3.95. The number of ether oxygens (including phenoxy) is 2. The third-order valence-corrected chi connectivity index (χ3v) is 3.22. The highest BCUT2D eigenvalue weighted by atomic mass is 79.9. The van der Waals surface area contributed by atoms with Crippen LogP contribution in [0.1, 0.15) is 0 Å². The van der Waals surface area contributed by atoms with Gasteiger partial charge < -0.3 is 14.8 Å². The number of benzene rings is 2. The van der Waals surface area contributed by atoms with Gasteiger partial charge in [0.05, 0.1) is 11.6 Å². The number of para-hydroxylation sites is 1. The molecule has 0 aromatic heterocycles. The van der Waals surface area contributed by atoms with Crippen molar-refractivity contribution in [3.05, 3.63) is 53.0 Å². The van der Waals surface area contributed by atoms with Gasteiger partial charge in [-0.2, -0.15) is 0 Å². The summed E-state index contributed by atoms with van der Waals surface area (Å²) in [5.41, 5.74) is 1.10. The van der Waals surface area contributed by atoms with Crippen LogP contribution in [0.3, 0.4) is 0 Å². The Kier molecular flexibility index (Phi) is 5.10. The van der Waals surface area contributed by atoms with Crippen LogP contribution in [0.5, 0.6) is 11.5 Å². The second kappa shape index (κ2) is 7.04. The van der Waals surface area contributed by atoms with Gasteiger partial charge in [0.15, 0.2) is 0 Å². The van der Waals surface area contributed by atoms with E-state index in [1.807, 2.05) is 48.5 Å². The van der Waals surface area contributed by atoms with E-state index in [1.54, 1.807) is 7.11 Å². The highest BCUT2D eigenvalue weighted by Crippen LogP contribution is 2.28. The summed E-state index contributed by atoms with van der Waals surface area (Å²) >= 11 is 3.46. The Hall–Kier alpha value is -1.68. The maximum absolute atomic E-state index is 5.69. The molecule has 3 nitrogen and oxygen atoms in total. The van der Waals surface area contributed by atoms with Crippen molar-refractivity contribution in [3.8, 4) is 11.5 Å². The SMILES string of the molecule is COc1ccc(OCCNc2ccccc2)c(Br)c1. The van der Waals surface area contributed by atoms with Crippen LogP contribution in [0.25, 0.3) is 0 Å². The van der Waals surface area contributed by atoms with Gasteiger partial charge in [0.2, 0.25) is 0 Å². The molecule has 0 aliphatic heterocycles. The van der Waals surface area contributed by atoms with E-state index in [1.165, 1.54) is 0 Å². The van der Waals surface area contributed by atoms with E-state index < -0.39 is 0 Å². The summed E-state index contributed by atoms with van der Waals surface area (Å²) in [5, 5.41) is 3.29. The lowest BCUT2D eigenvalue weighted by atomic mass is 10.3. The number of methoxy groups -OCH3 is 1. The Morgan fingerprint density at radius 3 is 2.58 bits per heavy atom. The largest absolute Gasteiger partial charge is 0.497 e. The van der Waals surface area contributed by atoms with Crippen LogP contribution in [0.4, 0.5) is 5.69 Å². The molecule has 2 aromatic rings. The zero-order chi connectivity index (χ0) is 13.5. The maximum atomic E-state index is 5.69. The third kappa shape index (κ3) is 4.17. The fourth-order valence-electron chi connectivity index (χ4n) is 1.64. The van der Waals surface area contributed by atoms with E-state index in [-0.39, 0.29) is 0 Å². The summed E-state index contributed by atoms with van der Waals surface area (Å²) in [5.74, 6) is 1.62. The van der Waals surface area contributed by atoms with Gasteiger partial charge in [-0.05, 0) is 46.3 Å². The van der Waals surface area contributed by atoms with Crippen molar-refractivity contribution in [1.82, 2.24) is 0 Å². The first-order valence-corrected chi connectivity index (χ1v) is 6.84. The van der Waals surface area contributed by atoms with Crippen molar-refractivity contribution in [3.63, 3.8) is 0 Å². The van der Waals surface area contributed by atoms with Crippen LogP contribution < -0.4 is 14.8 Å². The summed E-state index contributed by atoms with van der Waals surface area (Å²) in [4.78, 5) is 0. The first kappa shape index (κ1) is 13.7. The molecule has 1 N–H and O–H groups in total. The molecule has 0 aliphatic rings. The Balaban J connectivity index is 1.80. The number of hydrogen-bond donors (Lipinski definition) is 1. The fourth-order valence-corrected chi connectivity index (χ4v) is 2.11. The molecule has 0 unspecified atom stereocenters. The molecule has 2 aromatic carbocycles. The van der Waals surface area contributed by atoms with Gasteiger partial charge >= 0.3 is 0 Å². The Bertz CT molecular complexity index is 517. The first-order chi connectivity index (χ1) is 9.29. The highest BCUT2D eigenvalue weighted by molar-refractivity contribution is 9.10. The second-order valence-corrected chi connectivity index (χ2v) is 4.79. The maximum Gasteiger partial charge on any atom is 0.133 e. The van der Waals surface area contributed by atoms with Crippen molar-refractivity contribution < 1.29 is 9.47 Å². The fraction of sp³-hybridized carbons (Fsp3) is 0.200. The van der Waals surface area contributed by atoms with Crippen molar-refractivity contribution in [2.24, 2.45) is 0 Å². The molecule has 2 rings (SSSR count). The number of rotatable bonds is 6. The summed E-state index contributed by atoms with van der Waals surface area (Å²) in [6.07, 6.45) is 0. The van der Waals surface area contributed by atoms with E-state index in [9.17, 15) is 0 Å². The van der Waals surface area contributed by atoms with E-state index in [0.717, 1.165) is 28.2 Å². The zero-order valence-electron chi connectivity index (χ0n) is 10.7. The molecule has 0 radical (unpaired) electrons. The number of anilines is 1. The van der Waals surface area contributed by atoms with E-state index in [2.05, 4.69) is 21.2 Å². The number of hydrogen-bond acceptors (Lipinski definition) is 3. The molecule has 0 spiro atoms. The van der Waals surface area contributed by atoms with Crippen LogP contribution in [0.15, 0.2) is 53.0 Å². The number of halogens is 1. The van der Waals surface area contributed by atoms with Crippen LogP contribution in [0.2, 0.25) is 0 Å². The highest BCUT2D eigenvalue weighted by Gasteiger charge is 2.02. The Morgan fingerprint density at radius 2 is 1.89 bits per heavy atom. The van der Waals surface area contributed by atoms with Gasteiger partial charge in [0.25, 0.3) is 0 Å². The molecule has 100 valence electrons. The molecule has 0 amide bonds. The van der Waals surface area contributed by atoms with Crippen LogP contribution >= 0.6 is 15.9 Å². The topological polar surface area (TPSA) is 30.5 Å². The molecular formula is C15H16BrNO2. The first-order valence-electron chi connectivity index (χ1n) is 6.05. The monoisotopic (exact) mass is 321 g/mol. The second-order valence-electron chi connectivity index (χ2n) is 3.94. The molecule has 0 fully saturated rings. The van der Waals surface area contributed by atoms with Crippen LogP contribution in [-0.2, 0) is 0 Å². The van der Waals surface area contributed by atoms with Gasteiger partial charge in [0.1, 0.15) is 18.1 Å². The lowest BCUT2D eigenvalue weighted by Gasteiger charge is -2.10. The smallest absolute Gasteiger partial charge is 0.133 e. The molecule has 0 atom stereocenters. The van der Waals surface area contributed by atoms with Gasteiger partial charge in [-0.3, -0.25) is 0 Å². The van der Waals surface area contributed by atoms with Crippen molar-refractivity contribution in [2.75, 3.05) is 25.6 Å². The summed E-state index contributed by atoms with van der Waals surface area (Å²) in [7, 11) is 1.64. The van der Waals surface area contributed by atoms with Crippen molar-refractivity contribution in [1.29, 1.82) is 0 Å². The van der Waals surface area contributed by atoms with Gasteiger partial charge in [-0.15, -0.1) is 0 Å². The van der Waals surface area contributed by atoms with Crippen molar-refractivity contribution in [2.45, 2.75) is 0 Å². The minimum Gasteiger partial charge on any atom is -0.497 e. The lowest BCUT2D eigenvalue weighted by molar-refractivity contribution is 0.329. The average molecular weight is 322 g/mol. The molecule has 4 heteroatoms. The van der Waals surface area contributed by atoms with E-state index >= 15 is 0 Å². The van der Waals surface area contributed by atoms with Crippen molar-refractivity contribution >= 4 is 21.6 Å². The third-order valence-electron chi connectivity index (χ3n) is 2.60. The molecule has 0 heterocycles. The molecule has 0 bridgehead atoms. The quantitative estimate of drug-likeness (QED) is 0.817. The normalized spacial score (nSPS) is 10.0. The van der Waals surface area contributed by atoms with E-state index in [4.69, 9.17) is 9.47 Å². The summed E-state index contributed by atoms with van der Waals surface area (Å²) < 4.78 is 11.7. The summed E-state index contributed by atoms with van der Waals surface area (Å²) in [6.45, 7) is 1.35. The Morgan fingerprint density at radius 1 is 1.11 bits per heavy atom. The van der Waals surface area contributed by atoms with Crippen LogP contribution in [0, 0.1) is 0 Å². The summed E-state index contributed by atoms with van der Waals surface area (Å²) in [6, 6.07) is 15.7. The minimum absolute atomic E-state index is 0.597. The standard InChI is InChI=1S/C15H16BrNO2/c1-18-13-7-8-15(14(16)11-13)19-10-9-17-12-5-3-2-4-6-12/h2-8,11,17H,9-10H2,1H3. The minimum atomic E-state index is 0.597. The van der Waals surface area contributed by atoms with Gasteiger partial charge in [-0.1, -0.05) is 18.2 Å². The Labute approximate surface area is 121 Å². The van der Waals surface area contributed by atoms with E-state index in [0.29, 0.717) is 6.61 Å². The van der Waals surface area contributed by atoms with Gasteiger partial charge in [-0.25, -0.2) is 0 Å². The molecule has 19 heavy (non-hydrogen) atoms. The molecule has 0 aliphatic carbocycles. The molecular weight excluding hydrogens is 306 g/mol. The molecule has 0 saturated heterocycles. The predicted molar refractivity (Wildman–Crippen MR) is 81.1 cm³/mol.